The number of benzene rings is 3. The Kier molecular flexibility index (Phi) is 7.84. The summed E-state index contributed by atoms with van der Waals surface area (Å²) in [6.07, 6.45) is 0. The van der Waals surface area contributed by atoms with Crippen LogP contribution in [-0.4, -0.2) is 30.5 Å². The molecule has 1 saturated heterocycles. The number of anilines is 1. The summed E-state index contributed by atoms with van der Waals surface area (Å²) in [5, 5.41) is 11.7. The van der Waals surface area contributed by atoms with Crippen molar-refractivity contribution in [2.45, 2.75) is 65.3 Å². The van der Waals surface area contributed by atoms with Gasteiger partial charge in [-0.25, -0.2) is 0 Å². The Morgan fingerprint density at radius 1 is 0.875 bits per heavy atom. The van der Waals surface area contributed by atoms with Crippen molar-refractivity contribution < 1.29 is 24.2 Å². The number of carbonyl (C=O) groups is 2. The molecule has 1 fully saturated rings. The van der Waals surface area contributed by atoms with Crippen LogP contribution in [0, 0.1) is 0 Å². The third-order valence-corrected chi connectivity index (χ3v) is 7.24. The molecule has 0 aromatic heterocycles. The van der Waals surface area contributed by atoms with E-state index in [0.717, 1.165) is 16.7 Å². The lowest BCUT2D eigenvalue weighted by atomic mass is 9.84. The minimum atomic E-state index is -0.813. The quantitative estimate of drug-likeness (QED) is 0.201. The molecule has 1 aliphatic heterocycles. The molecule has 1 atom stereocenters. The van der Waals surface area contributed by atoms with E-state index in [-0.39, 0.29) is 22.2 Å². The molecule has 1 N–H and O–H groups in total. The van der Waals surface area contributed by atoms with E-state index in [1.54, 1.807) is 43.5 Å². The van der Waals surface area contributed by atoms with Gasteiger partial charge in [0, 0.05) is 16.8 Å². The Hall–Kier alpha value is -4.06. The number of methoxy groups -OCH3 is 1. The second-order valence-corrected chi connectivity index (χ2v) is 12.1. The molecule has 1 heterocycles. The van der Waals surface area contributed by atoms with E-state index in [4.69, 9.17) is 9.47 Å². The van der Waals surface area contributed by atoms with Crippen molar-refractivity contribution in [1.29, 1.82) is 0 Å². The van der Waals surface area contributed by atoms with E-state index in [2.05, 4.69) is 41.5 Å². The van der Waals surface area contributed by atoms with E-state index < -0.39 is 17.7 Å². The van der Waals surface area contributed by atoms with Gasteiger partial charge in [0.15, 0.2) is 0 Å². The molecule has 0 spiro atoms. The smallest absolute Gasteiger partial charge is 0.300 e. The number of ketones is 1. The Morgan fingerprint density at radius 3 is 2.02 bits per heavy atom. The predicted molar refractivity (Wildman–Crippen MR) is 159 cm³/mol. The summed E-state index contributed by atoms with van der Waals surface area (Å²) < 4.78 is 11.1. The third kappa shape index (κ3) is 5.48. The molecule has 1 unspecified atom stereocenters. The number of amides is 1. The SMILES string of the molecule is CCOc1ccc(N2C(=O)C(=O)/C(=C(\O)c3ccc(OC)c(C(C)(C)C)c3)C2c2ccc(C(C)(C)C)cc2)cc1. The number of rotatable bonds is 6. The molecule has 6 nitrogen and oxygen atoms in total. The number of Topliss-reactive ketones (excluding diaryl/α,β-unsaturated/α-hetero) is 1. The van der Waals surface area contributed by atoms with E-state index in [0.29, 0.717) is 29.4 Å². The van der Waals surface area contributed by atoms with Crippen LogP contribution >= 0.6 is 0 Å². The highest BCUT2D eigenvalue weighted by Crippen LogP contribution is 2.44. The zero-order valence-corrected chi connectivity index (χ0v) is 24.7. The number of aliphatic hydroxyl groups is 1. The first-order valence-electron chi connectivity index (χ1n) is 13.6. The number of ether oxygens (including phenoxy) is 2. The van der Waals surface area contributed by atoms with Crippen LogP contribution in [0.25, 0.3) is 5.76 Å². The number of nitrogens with zero attached hydrogens (tertiary/aromatic N) is 1. The Bertz CT molecular complexity index is 1440. The Labute approximate surface area is 237 Å². The predicted octanol–water partition coefficient (Wildman–Crippen LogP) is 7.32. The molecule has 4 rings (SSSR count). The summed E-state index contributed by atoms with van der Waals surface area (Å²) in [4.78, 5) is 28.7. The van der Waals surface area contributed by atoms with Crippen molar-refractivity contribution in [3.63, 3.8) is 0 Å². The van der Waals surface area contributed by atoms with Gasteiger partial charge in [0.2, 0.25) is 0 Å². The molecule has 40 heavy (non-hydrogen) atoms. The lowest BCUT2D eigenvalue weighted by Gasteiger charge is -2.27. The van der Waals surface area contributed by atoms with Crippen molar-refractivity contribution in [3.8, 4) is 11.5 Å². The fraction of sp³-hybridized carbons (Fsp3) is 0.353. The van der Waals surface area contributed by atoms with Crippen LogP contribution in [0.4, 0.5) is 5.69 Å². The Morgan fingerprint density at radius 2 is 1.50 bits per heavy atom. The molecular formula is C34H39NO5. The van der Waals surface area contributed by atoms with Crippen LogP contribution in [-0.2, 0) is 20.4 Å². The van der Waals surface area contributed by atoms with E-state index in [1.807, 2.05) is 37.3 Å². The standard InChI is InChI=1S/C34H39NO5/c1-9-40-25-17-15-24(16-18-25)35-29(21-10-13-23(14-11-21)33(2,3)4)28(31(37)32(35)38)30(36)22-12-19-27(39-8)26(20-22)34(5,6)7/h10-20,29,36H,9H2,1-8H3/b30-28-. The summed E-state index contributed by atoms with van der Waals surface area (Å²) in [5.74, 6) is -0.288. The second-order valence-electron chi connectivity index (χ2n) is 12.1. The molecule has 0 radical (unpaired) electrons. The third-order valence-electron chi connectivity index (χ3n) is 7.24. The van der Waals surface area contributed by atoms with Crippen LogP contribution in [0.3, 0.4) is 0 Å². The topological polar surface area (TPSA) is 76.1 Å². The fourth-order valence-electron chi connectivity index (χ4n) is 5.05. The van der Waals surface area contributed by atoms with Crippen LogP contribution in [0.2, 0.25) is 0 Å². The number of aliphatic hydroxyl groups excluding tert-OH is 1. The molecule has 0 saturated carbocycles. The van der Waals surface area contributed by atoms with Crippen LogP contribution in [0.15, 0.2) is 72.3 Å². The average molecular weight is 542 g/mol. The van der Waals surface area contributed by atoms with Gasteiger partial charge in [0.25, 0.3) is 11.7 Å². The molecular weight excluding hydrogens is 502 g/mol. The minimum absolute atomic E-state index is 0.0485. The zero-order valence-electron chi connectivity index (χ0n) is 24.7. The average Bonchev–Trinajstić information content (AvgIpc) is 3.17. The van der Waals surface area contributed by atoms with Gasteiger partial charge < -0.3 is 14.6 Å². The maximum atomic E-state index is 13.6. The summed E-state index contributed by atoms with van der Waals surface area (Å²) >= 11 is 0. The highest BCUT2D eigenvalue weighted by molar-refractivity contribution is 6.51. The first-order chi connectivity index (χ1) is 18.8. The lowest BCUT2D eigenvalue weighted by Crippen LogP contribution is -2.29. The molecule has 6 heteroatoms. The normalized spacial score (nSPS) is 17.3. The van der Waals surface area contributed by atoms with Crippen molar-refractivity contribution >= 4 is 23.1 Å². The minimum Gasteiger partial charge on any atom is -0.507 e. The van der Waals surface area contributed by atoms with Crippen LogP contribution in [0.1, 0.15) is 76.8 Å². The van der Waals surface area contributed by atoms with Gasteiger partial charge in [0.1, 0.15) is 17.3 Å². The molecule has 1 amide bonds. The van der Waals surface area contributed by atoms with E-state index >= 15 is 0 Å². The number of carbonyl (C=O) groups excluding carboxylic acids is 2. The summed E-state index contributed by atoms with van der Waals surface area (Å²) in [5.41, 5.74) is 3.43. The molecule has 0 aliphatic carbocycles. The van der Waals surface area contributed by atoms with Crippen molar-refractivity contribution in [1.82, 2.24) is 0 Å². The maximum absolute atomic E-state index is 13.6. The van der Waals surface area contributed by atoms with E-state index in [1.165, 1.54) is 4.90 Å². The van der Waals surface area contributed by atoms with Crippen molar-refractivity contribution in [3.05, 3.63) is 94.6 Å². The van der Waals surface area contributed by atoms with Gasteiger partial charge in [-0.2, -0.15) is 0 Å². The second kappa shape index (κ2) is 10.8. The highest BCUT2D eigenvalue weighted by atomic mass is 16.5. The molecule has 1 aliphatic rings. The maximum Gasteiger partial charge on any atom is 0.300 e. The highest BCUT2D eigenvalue weighted by Gasteiger charge is 2.47. The van der Waals surface area contributed by atoms with Gasteiger partial charge in [-0.1, -0.05) is 65.8 Å². The van der Waals surface area contributed by atoms with E-state index in [9.17, 15) is 14.7 Å². The summed E-state index contributed by atoms with van der Waals surface area (Å²) in [6.45, 7) is 15.0. The van der Waals surface area contributed by atoms with Crippen LogP contribution in [0.5, 0.6) is 11.5 Å². The summed E-state index contributed by atoms with van der Waals surface area (Å²) in [6, 6.07) is 19.5. The lowest BCUT2D eigenvalue weighted by molar-refractivity contribution is -0.132. The number of hydrogen-bond acceptors (Lipinski definition) is 5. The van der Waals surface area contributed by atoms with Gasteiger partial charge in [-0.15, -0.1) is 0 Å². The van der Waals surface area contributed by atoms with Crippen molar-refractivity contribution in [2.24, 2.45) is 0 Å². The molecule has 210 valence electrons. The van der Waals surface area contributed by atoms with Gasteiger partial charge >= 0.3 is 0 Å². The van der Waals surface area contributed by atoms with Crippen LogP contribution < -0.4 is 14.4 Å². The summed E-state index contributed by atoms with van der Waals surface area (Å²) in [7, 11) is 1.60. The Balaban J connectivity index is 1.93. The fourth-order valence-corrected chi connectivity index (χ4v) is 5.05. The van der Waals surface area contributed by atoms with Gasteiger partial charge in [0.05, 0.1) is 25.3 Å². The number of hydrogen-bond donors (Lipinski definition) is 1. The van der Waals surface area contributed by atoms with Crippen molar-refractivity contribution in [2.75, 3.05) is 18.6 Å². The molecule has 0 bridgehead atoms. The largest absolute Gasteiger partial charge is 0.507 e. The molecule has 3 aromatic carbocycles. The first-order valence-corrected chi connectivity index (χ1v) is 13.6. The first kappa shape index (κ1) is 28.9. The zero-order chi connectivity index (χ0) is 29.4. The van der Waals surface area contributed by atoms with Gasteiger partial charge in [-0.05, 0) is 71.3 Å². The monoisotopic (exact) mass is 541 g/mol. The molecule has 3 aromatic rings. The van der Waals surface area contributed by atoms with Gasteiger partial charge in [-0.3, -0.25) is 14.5 Å².